The average Bonchev–Trinajstić information content (AvgIpc) is 2.14. The number of hydrogen-bond acceptors (Lipinski definition) is 2. The summed E-state index contributed by atoms with van der Waals surface area (Å²) in [6, 6.07) is 4.28. The lowest BCUT2D eigenvalue weighted by atomic mass is 9.96. The first-order valence-electron chi connectivity index (χ1n) is 4.31. The highest BCUT2D eigenvalue weighted by Gasteiger charge is 2.25. The van der Waals surface area contributed by atoms with E-state index in [1.165, 1.54) is 18.2 Å². The van der Waals surface area contributed by atoms with E-state index in [2.05, 4.69) is 0 Å². The quantitative estimate of drug-likeness (QED) is 0.875. The van der Waals surface area contributed by atoms with Crippen LogP contribution in [0.1, 0.15) is 17.9 Å². The molecule has 0 aliphatic heterocycles. The van der Waals surface area contributed by atoms with E-state index in [0.717, 1.165) is 0 Å². The van der Waals surface area contributed by atoms with Gasteiger partial charge in [-0.05, 0) is 17.7 Å². The fourth-order valence-corrected chi connectivity index (χ4v) is 1.83. The van der Waals surface area contributed by atoms with Crippen LogP contribution in [0.25, 0.3) is 0 Å². The number of benzene rings is 1. The third-order valence-electron chi connectivity index (χ3n) is 2.01. The average molecular weight is 263 g/mol. The summed E-state index contributed by atoms with van der Waals surface area (Å²) in [7, 11) is 0. The smallest absolute Gasteiger partial charge is 0.311 e. The van der Waals surface area contributed by atoms with Gasteiger partial charge in [0.2, 0.25) is 0 Å². The topological polar surface area (TPSA) is 74.6 Å². The molecule has 2 N–H and O–H groups in total. The Morgan fingerprint density at radius 3 is 2.31 bits per heavy atom. The predicted octanol–water partition coefficient (Wildman–Crippen LogP) is 2.64. The van der Waals surface area contributed by atoms with Crippen LogP contribution in [0.5, 0.6) is 0 Å². The number of rotatable bonds is 4. The Labute approximate surface area is 101 Å². The maximum Gasteiger partial charge on any atom is 0.311 e. The van der Waals surface area contributed by atoms with Gasteiger partial charge in [0.25, 0.3) is 0 Å². The summed E-state index contributed by atoms with van der Waals surface area (Å²) >= 11 is 11.5. The third-order valence-corrected chi connectivity index (χ3v) is 2.58. The molecule has 0 aliphatic carbocycles. The molecule has 0 bridgehead atoms. The lowest BCUT2D eigenvalue weighted by Crippen LogP contribution is -2.16. The van der Waals surface area contributed by atoms with E-state index in [0.29, 0.717) is 5.02 Å². The first-order valence-corrected chi connectivity index (χ1v) is 5.07. The molecule has 1 aromatic rings. The van der Waals surface area contributed by atoms with Crippen molar-refractivity contribution in [2.45, 2.75) is 12.3 Å². The molecule has 0 amide bonds. The van der Waals surface area contributed by atoms with Crippen molar-refractivity contribution in [1.29, 1.82) is 0 Å². The van der Waals surface area contributed by atoms with Gasteiger partial charge in [0.05, 0.1) is 12.3 Å². The number of aliphatic carboxylic acids is 2. The van der Waals surface area contributed by atoms with Gasteiger partial charge in [-0.3, -0.25) is 9.59 Å². The molecule has 0 heterocycles. The Hall–Kier alpha value is -1.26. The molecule has 86 valence electrons. The maximum absolute atomic E-state index is 10.9. The van der Waals surface area contributed by atoms with E-state index in [1.807, 2.05) is 0 Å². The Morgan fingerprint density at radius 1 is 1.25 bits per heavy atom. The van der Waals surface area contributed by atoms with Crippen molar-refractivity contribution >= 4 is 35.1 Å². The first kappa shape index (κ1) is 12.8. The lowest BCUT2D eigenvalue weighted by molar-refractivity contribution is -0.145. The molecule has 1 rings (SSSR count). The highest BCUT2D eigenvalue weighted by Crippen LogP contribution is 2.29. The zero-order chi connectivity index (χ0) is 12.3. The zero-order valence-electron chi connectivity index (χ0n) is 7.98. The molecule has 6 heteroatoms. The minimum absolute atomic E-state index is 0.154. The van der Waals surface area contributed by atoms with Gasteiger partial charge in [-0.25, -0.2) is 0 Å². The van der Waals surface area contributed by atoms with E-state index >= 15 is 0 Å². The molecule has 16 heavy (non-hydrogen) atoms. The minimum Gasteiger partial charge on any atom is -0.481 e. The van der Waals surface area contributed by atoms with Crippen LogP contribution >= 0.6 is 23.2 Å². The summed E-state index contributed by atoms with van der Waals surface area (Å²) < 4.78 is 0. The fourth-order valence-electron chi connectivity index (χ4n) is 1.29. The number of carboxylic acid groups (broad SMARTS) is 2. The number of halogens is 2. The van der Waals surface area contributed by atoms with Gasteiger partial charge in [-0.2, -0.15) is 0 Å². The maximum atomic E-state index is 10.9. The molecular formula is C10H8Cl2O4. The van der Waals surface area contributed by atoms with Crippen molar-refractivity contribution in [3.8, 4) is 0 Å². The highest BCUT2D eigenvalue weighted by atomic mass is 35.5. The van der Waals surface area contributed by atoms with Gasteiger partial charge >= 0.3 is 11.9 Å². The third kappa shape index (κ3) is 3.12. The monoisotopic (exact) mass is 262 g/mol. The number of hydrogen-bond donors (Lipinski definition) is 2. The fraction of sp³-hybridized carbons (Fsp3) is 0.200. The van der Waals surface area contributed by atoms with E-state index < -0.39 is 24.3 Å². The largest absolute Gasteiger partial charge is 0.481 e. The summed E-state index contributed by atoms with van der Waals surface area (Å²) in [5.41, 5.74) is 0.251. The van der Waals surface area contributed by atoms with Crippen molar-refractivity contribution in [3.05, 3.63) is 33.8 Å². The second-order valence-electron chi connectivity index (χ2n) is 3.15. The van der Waals surface area contributed by atoms with E-state index in [9.17, 15) is 9.59 Å². The standard InChI is InChI=1S/C10H8Cl2O4/c11-5-1-2-6(8(12)3-5)7(10(15)16)4-9(13)14/h1-3,7H,4H2,(H,13,14)(H,15,16)/t7-/m1/s1. The summed E-state index contributed by atoms with van der Waals surface area (Å²) in [5.74, 6) is -3.59. The van der Waals surface area contributed by atoms with Crippen LogP contribution in [0.3, 0.4) is 0 Å². The molecule has 0 fully saturated rings. The Morgan fingerprint density at radius 2 is 1.88 bits per heavy atom. The van der Waals surface area contributed by atoms with Gasteiger partial charge in [-0.15, -0.1) is 0 Å². The first-order chi connectivity index (χ1) is 7.41. The molecule has 0 unspecified atom stereocenters. The van der Waals surface area contributed by atoms with Crippen LogP contribution in [-0.2, 0) is 9.59 Å². The molecule has 0 aromatic heterocycles. The van der Waals surface area contributed by atoms with Crippen molar-refractivity contribution in [1.82, 2.24) is 0 Å². The molecule has 0 spiro atoms. The Bertz CT molecular complexity index is 431. The van der Waals surface area contributed by atoms with Crippen molar-refractivity contribution < 1.29 is 19.8 Å². The van der Waals surface area contributed by atoms with Crippen LogP contribution in [0.4, 0.5) is 0 Å². The van der Waals surface area contributed by atoms with Crippen molar-refractivity contribution in [3.63, 3.8) is 0 Å². The van der Waals surface area contributed by atoms with Crippen molar-refractivity contribution in [2.75, 3.05) is 0 Å². The molecule has 0 saturated heterocycles. The van der Waals surface area contributed by atoms with Gasteiger partial charge < -0.3 is 10.2 Å². The Kier molecular flexibility index (Phi) is 4.15. The van der Waals surface area contributed by atoms with Crippen molar-refractivity contribution in [2.24, 2.45) is 0 Å². The van der Waals surface area contributed by atoms with Crippen LogP contribution < -0.4 is 0 Å². The summed E-state index contributed by atoms with van der Waals surface area (Å²) in [5, 5.41) is 18.0. The van der Waals surface area contributed by atoms with Gasteiger partial charge in [0.1, 0.15) is 0 Å². The Balaban J connectivity index is 3.10. The number of carbonyl (C=O) groups is 2. The second-order valence-corrected chi connectivity index (χ2v) is 4.00. The zero-order valence-corrected chi connectivity index (χ0v) is 9.50. The van der Waals surface area contributed by atoms with Crippen LogP contribution in [0.15, 0.2) is 18.2 Å². The molecule has 1 aromatic carbocycles. The van der Waals surface area contributed by atoms with Gasteiger partial charge in [0.15, 0.2) is 0 Å². The summed E-state index contributed by atoms with van der Waals surface area (Å²) in [4.78, 5) is 21.5. The molecular weight excluding hydrogens is 255 g/mol. The minimum atomic E-state index is -1.23. The van der Waals surface area contributed by atoms with Crippen LogP contribution in [0, 0.1) is 0 Å². The van der Waals surface area contributed by atoms with Crippen LogP contribution in [-0.4, -0.2) is 22.2 Å². The normalized spacial score (nSPS) is 12.1. The molecule has 0 radical (unpaired) electrons. The molecule has 0 saturated carbocycles. The number of carboxylic acids is 2. The molecule has 0 aliphatic rings. The highest BCUT2D eigenvalue weighted by molar-refractivity contribution is 6.35. The molecule has 1 atom stereocenters. The second kappa shape index (κ2) is 5.18. The van der Waals surface area contributed by atoms with Crippen LogP contribution in [0.2, 0.25) is 10.0 Å². The van der Waals surface area contributed by atoms with E-state index in [-0.39, 0.29) is 10.6 Å². The lowest BCUT2D eigenvalue weighted by Gasteiger charge is -2.12. The predicted molar refractivity (Wildman–Crippen MR) is 59.1 cm³/mol. The molecule has 4 nitrogen and oxygen atoms in total. The van der Waals surface area contributed by atoms with Gasteiger partial charge in [-0.1, -0.05) is 29.3 Å². The van der Waals surface area contributed by atoms with E-state index in [1.54, 1.807) is 0 Å². The van der Waals surface area contributed by atoms with Gasteiger partial charge in [0, 0.05) is 10.0 Å². The summed E-state index contributed by atoms with van der Waals surface area (Å²) in [6.07, 6.45) is -0.517. The summed E-state index contributed by atoms with van der Waals surface area (Å²) in [6.45, 7) is 0. The SMILES string of the molecule is O=C(O)C[C@@H](C(=O)O)c1ccc(Cl)cc1Cl. The van der Waals surface area contributed by atoms with E-state index in [4.69, 9.17) is 33.4 Å².